The van der Waals surface area contributed by atoms with E-state index in [-0.39, 0.29) is 11.9 Å². The van der Waals surface area contributed by atoms with Crippen LogP contribution in [0.1, 0.15) is 17.3 Å². The molecule has 0 aliphatic rings. The molecule has 1 aromatic heterocycles. The summed E-state index contributed by atoms with van der Waals surface area (Å²) in [6.45, 7) is 0. The van der Waals surface area contributed by atoms with Crippen molar-refractivity contribution < 1.29 is 9.13 Å². The van der Waals surface area contributed by atoms with Crippen LogP contribution in [0.4, 0.5) is 4.39 Å². The van der Waals surface area contributed by atoms with Crippen molar-refractivity contribution in [3.8, 4) is 5.75 Å². The first-order valence-corrected chi connectivity index (χ1v) is 6.56. The molecule has 0 saturated heterocycles. The second kappa shape index (κ2) is 5.71. The minimum atomic E-state index is -0.349. The lowest BCUT2D eigenvalue weighted by molar-refractivity contribution is 0.397. The van der Waals surface area contributed by atoms with Crippen LogP contribution in [0.3, 0.4) is 0 Å². The van der Waals surface area contributed by atoms with Gasteiger partial charge in [-0.2, -0.15) is 5.10 Å². The molecule has 1 atom stereocenters. The standard InChI is InChI=1S/C13H15BrFN3O/c1-16-12(13-8(14)7-17-18(13)2)11-9(15)5-4-6-10(11)19-3/h4-7,12,16H,1-3H3. The summed E-state index contributed by atoms with van der Waals surface area (Å²) < 4.78 is 22.0. The Morgan fingerprint density at radius 3 is 2.74 bits per heavy atom. The monoisotopic (exact) mass is 327 g/mol. The zero-order chi connectivity index (χ0) is 14.0. The number of rotatable bonds is 4. The first kappa shape index (κ1) is 14.0. The number of nitrogens with one attached hydrogen (secondary N) is 1. The van der Waals surface area contributed by atoms with Gasteiger partial charge in [0.1, 0.15) is 11.6 Å². The molecule has 6 heteroatoms. The van der Waals surface area contributed by atoms with Crippen molar-refractivity contribution in [1.82, 2.24) is 15.1 Å². The minimum absolute atomic E-state index is 0.313. The SMILES string of the molecule is CNC(c1c(F)cccc1OC)c1c(Br)cnn1C. The van der Waals surface area contributed by atoms with Gasteiger partial charge >= 0.3 is 0 Å². The molecule has 1 unspecified atom stereocenters. The maximum absolute atomic E-state index is 14.2. The third kappa shape index (κ3) is 2.50. The van der Waals surface area contributed by atoms with Crippen molar-refractivity contribution in [3.63, 3.8) is 0 Å². The maximum atomic E-state index is 14.2. The second-order valence-electron chi connectivity index (χ2n) is 4.08. The van der Waals surface area contributed by atoms with E-state index >= 15 is 0 Å². The Bertz CT molecular complexity index is 566. The molecule has 1 N–H and O–H groups in total. The van der Waals surface area contributed by atoms with Crippen molar-refractivity contribution >= 4 is 15.9 Å². The summed E-state index contributed by atoms with van der Waals surface area (Å²) in [7, 11) is 5.12. The molecule has 0 fully saturated rings. The quantitative estimate of drug-likeness (QED) is 0.938. The van der Waals surface area contributed by atoms with E-state index in [0.29, 0.717) is 11.3 Å². The predicted molar refractivity (Wildman–Crippen MR) is 74.8 cm³/mol. The van der Waals surface area contributed by atoms with Crippen LogP contribution in [0.25, 0.3) is 0 Å². The van der Waals surface area contributed by atoms with E-state index in [0.717, 1.165) is 10.2 Å². The highest BCUT2D eigenvalue weighted by Crippen LogP contribution is 2.34. The first-order valence-electron chi connectivity index (χ1n) is 5.77. The first-order chi connectivity index (χ1) is 9.10. The van der Waals surface area contributed by atoms with E-state index in [4.69, 9.17) is 4.74 Å². The Kier molecular flexibility index (Phi) is 4.21. The summed E-state index contributed by atoms with van der Waals surface area (Å²) >= 11 is 3.44. The molecule has 19 heavy (non-hydrogen) atoms. The van der Waals surface area contributed by atoms with Crippen molar-refractivity contribution in [1.29, 1.82) is 0 Å². The van der Waals surface area contributed by atoms with Gasteiger partial charge in [0, 0.05) is 7.05 Å². The predicted octanol–water partition coefficient (Wildman–Crippen LogP) is 2.64. The van der Waals surface area contributed by atoms with Gasteiger partial charge < -0.3 is 10.1 Å². The lowest BCUT2D eigenvalue weighted by atomic mass is 10.0. The van der Waals surface area contributed by atoms with Gasteiger partial charge in [-0.15, -0.1) is 0 Å². The maximum Gasteiger partial charge on any atom is 0.132 e. The van der Waals surface area contributed by atoms with Crippen molar-refractivity contribution in [3.05, 3.63) is 45.9 Å². The van der Waals surface area contributed by atoms with E-state index in [1.165, 1.54) is 13.2 Å². The van der Waals surface area contributed by atoms with Crippen LogP contribution in [0, 0.1) is 5.82 Å². The normalized spacial score (nSPS) is 12.5. The minimum Gasteiger partial charge on any atom is -0.496 e. The number of aromatic nitrogens is 2. The molecule has 4 nitrogen and oxygen atoms in total. The Morgan fingerprint density at radius 1 is 1.47 bits per heavy atom. The van der Waals surface area contributed by atoms with Gasteiger partial charge in [0.15, 0.2) is 0 Å². The molecule has 0 aliphatic heterocycles. The Labute approximate surface area is 119 Å². The van der Waals surface area contributed by atoms with Crippen LogP contribution in [0.5, 0.6) is 5.75 Å². The number of benzene rings is 1. The van der Waals surface area contributed by atoms with Crippen LogP contribution >= 0.6 is 15.9 Å². The number of ether oxygens (including phenoxy) is 1. The fourth-order valence-electron chi connectivity index (χ4n) is 2.14. The lowest BCUT2D eigenvalue weighted by Crippen LogP contribution is -2.23. The van der Waals surface area contributed by atoms with Crippen LogP contribution in [-0.2, 0) is 7.05 Å². The highest BCUT2D eigenvalue weighted by molar-refractivity contribution is 9.10. The van der Waals surface area contributed by atoms with E-state index in [1.54, 1.807) is 30.1 Å². The van der Waals surface area contributed by atoms with Gasteiger partial charge in [0.25, 0.3) is 0 Å². The van der Waals surface area contributed by atoms with Crippen molar-refractivity contribution in [2.45, 2.75) is 6.04 Å². The Balaban J connectivity index is 2.61. The smallest absolute Gasteiger partial charge is 0.132 e. The summed E-state index contributed by atoms with van der Waals surface area (Å²) in [5, 5.41) is 7.27. The number of hydrogen-bond donors (Lipinski definition) is 1. The highest BCUT2D eigenvalue weighted by atomic mass is 79.9. The van der Waals surface area contributed by atoms with Gasteiger partial charge in [-0.3, -0.25) is 4.68 Å². The van der Waals surface area contributed by atoms with Crippen LogP contribution in [-0.4, -0.2) is 23.9 Å². The summed E-state index contributed by atoms with van der Waals surface area (Å²) in [6, 6.07) is 4.44. The number of nitrogens with zero attached hydrogens (tertiary/aromatic N) is 2. The van der Waals surface area contributed by atoms with Gasteiger partial charge in [0.05, 0.1) is 35.1 Å². The van der Waals surface area contributed by atoms with Crippen molar-refractivity contribution in [2.24, 2.45) is 7.05 Å². The third-order valence-electron chi connectivity index (χ3n) is 3.02. The summed E-state index contributed by atoms with van der Waals surface area (Å²) in [6.07, 6.45) is 1.69. The summed E-state index contributed by atoms with van der Waals surface area (Å²) in [5.74, 6) is 0.194. The van der Waals surface area contributed by atoms with Gasteiger partial charge in [-0.1, -0.05) is 6.07 Å². The summed E-state index contributed by atoms with van der Waals surface area (Å²) in [5.41, 5.74) is 1.31. The fourth-order valence-corrected chi connectivity index (χ4v) is 2.72. The van der Waals surface area contributed by atoms with Crippen molar-refractivity contribution in [2.75, 3.05) is 14.2 Å². The number of halogens is 2. The van der Waals surface area contributed by atoms with E-state index in [1.807, 2.05) is 7.05 Å². The molecule has 0 bridgehead atoms. The summed E-state index contributed by atoms with van der Waals surface area (Å²) in [4.78, 5) is 0. The molecule has 0 amide bonds. The molecule has 102 valence electrons. The van der Waals surface area contributed by atoms with Crippen LogP contribution in [0.15, 0.2) is 28.9 Å². The molecule has 1 aromatic carbocycles. The fraction of sp³-hybridized carbons (Fsp3) is 0.308. The van der Waals surface area contributed by atoms with E-state index in [9.17, 15) is 4.39 Å². The average molecular weight is 328 g/mol. The molecule has 2 aromatic rings. The zero-order valence-corrected chi connectivity index (χ0v) is 12.5. The number of aryl methyl sites for hydroxylation is 1. The molecule has 0 aliphatic carbocycles. The molecular weight excluding hydrogens is 313 g/mol. The van der Waals surface area contributed by atoms with Gasteiger partial charge in [-0.05, 0) is 35.1 Å². The number of methoxy groups -OCH3 is 1. The molecular formula is C13H15BrFN3O. The molecule has 1 heterocycles. The number of hydrogen-bond acceptors (Lipinski definition) is 3. The molecule has 0 saturated carbocycles. The van der Waals surface area contributed by atoms with E-state index in [2.05, 4.69) is 26.3 Å². The molecule has 0 spiro atoms. The molecule has 2 rings (SSSR count). The van der Waals surface area contributed by atoms with Gasteiger partial charge in [0.2, 0.25) is 0 Å². The van der Waals surface area contributed by atoms with Crippen LogP contribution in [0.2, 0.25) is 0 Å². The largest absolute Gasteiger partial charge is 0.496 e. The highest BCUT2D eigenvalue weighted by Gasteiger charge is 2.25. The van der Waals surface area contributed by atoms with Gasteiger partial charge in [-0.25, -0.2) is 4.39 Å². The van der Waals surface area contributed by atoms with E-state index < -0.39 is 0 Å². The second-order valence-corrected chi connectivity index (χ2v) is 4.93. The lowest BCUT2D eigenvalue weighted by Gasteiger charge is -2.20. The zero-order valence-electron chi connectivity index (χ0n) is 10.9. The third-order valence-corrected chi connectivity index (χ3v) is 3.63. The van der Waals surface area contributed by atoms with Crippen LogP contribution < -0.4 is 10.1 Å². The average Bonchev–Trinajstić information content (AvgIpc) is 2.73. The Hall–Kier alpha value is -1.40. The molecule has 0 radical (unpaired) electrons. The topological polar surface area (TPSA) is 39.1 Å². The Morgan fingerprint density at radius 2 is 2.21 bits per heavy atom.